The second kappa shape index (κ2) is 8.06. The molecule has 4 aromatic rings. The second-order valence-corrected chi connectivity index (χ2v) is 6.53. The van der Waals surface area contributed by atoms with Crippen molar-refractivity contribution in [2.24, 2.45) is 5.10 Å². The summed E-state index contributed by atoms with van der Waals surface area (Å²) in [6.45, 7) is 0. The molecule has 1 aromatic heterocycles. The number of hydrogen-bond donors (Lipinski definition) is 1. The van der Waals surface area contributed by atoms with Gasteiger partial charge in [-0.2, -0.15) is 10.2 Å². The van der Waals surface area contributed by atoms with E-state index in [4.69, 9.17) is 16.7 Å². The first-order chi connectivity index (χ1) is 13.7. The first kappa shape index (κ1) is 17.9. The van der Waals surface area contributed by atoms with Crippen molar-refractivity contribution in [2.45, 2.75) is 0 Å². The van der Waals surface area contributed by atoms with Gasteiger partial charge in [-0.1, -0.05) is 41.9 Å². The number of nitrogens with zero attached hydrogens (tertiary/aromatic N) is 3. The van der Waals surface area contributed by atoms with E-state index in [1.807, 2.05) is 60.8 Å². The van der Waals surface area contributed by atoms with Crippen molar-refractivity contribution in [3.63, 3.8) is 0 Å². The van der Waals surface area contributed by atoms with E-state index in [1.165, 1.54) is 12.1 Å². The third-order valence-electron chi connectivity index (χ3n) is 4.12. The van der Waals surface area contributed by atoms with E-state index in [2.05, 4.69) is 10.5 Å². The molecule has 0 aliphatic carbocycles. The lowest BCUT2D eigenvalue weighted by Crippen LogP contribution is -1.94. The van der Waals surface area contributed by atoms with Gasteiger partial charge < -0.3 is 0 Å². The molecule has 0 amide bonds. The van der Waals surface area contributed by atoms with Gasteiger partial charge in [-0.25, -0.2) is 9.07 Å². The summed E-state index contributed by atoms with van der Waals surface area (Å²) in [4.78, 5) is 0. The largest absolute Gasteiger partial charge is 0.278 e. The van der Waals surface area contributed by atoms with Crippen LogP contribution in [0.1, 0.15) is 5.56 Å². The van der Waals surface area contributed by atoms with Gasteiger partial charge in [-0.05, 0) is 48.5 Å². The summed E-state index contributed by atoms with van der Waals surface area (Å²) in [5, 5.41) is 9.67. The second-order valence-electron chi connectivity index (χ2n) is 6.10. The molecule has 0 fully saturated rings. The summed E-state index contributed by atoms with van der Waals surface area (Å²) in [6, 6.07) is 23.4. The molecular formula is C22H16ClFN4. The summed E-state index contributed by atoms with van der Waals surface area (Å²) in [7, 11) is 0. The number of anilines is 1. The summed E-state index contributed by atoms with van der Waals surface area (Å²) < 4.78 is 14.8. The minimum atomic E-state index is -0.287. The van der Waals surface area contributed by atoms with E-state index in [9.17, 15) is 4.39 Å². The number of aromatic nitrogens is 2. The van der Waals surface area contributed by atoms with Gasteiger partial charge in [0.2, 0.25) is 0 Å². The fourth-order valence-electron chi connectivity index (χ4n) is 2.73. The lowest BCUT2D eigenvalue weighted by atomic mass is 10.1. The highest BCUT2D eigenvalue weighted by molar-refractivity contribution is 6.30. The molecule has 0 saturated carbocycles. The molecule has 0 radical (unpaired) electrons. The zero-order chi connectivity index (χ0) is 19.3. The van der Waals surface area contributed by atoms with Gasteiger partial charge in [-0.3, -0.25) is 5.43 Å². The average molecular weight is 391 g/mol. The van der Waals surface area contributed by atoms with Crippen LogP contribution in [-0.2, 0) is 0 Å². The Kier molecular flexibility index (Phi) is 5.17. The Labute approximate surface area is 166 Å². The molecule has 3 aromatic carbocycles. The molecule has 0 aliphatic heterocycles. The molecule has 0 spiro atoms. The third kappa shape index (κ3) is 4.10. The van der Waals surface area contributed by atoms with Crippen molar-refractivity contribution < 1.29 is 4.39 Å². The molecule has 1 heterocycles. The van der Waals surface area contributed by atoms with Gasteiger partial charge in [0, 0.05) is 22.3 Å². The van der Waals surface area contributed by atoms with Crippen molar-refractivity contribution in [1.82, 2.24) is 9.78 Å². The Morgan fingerprint density at radius 1 is 0.929 bits per heavy atom. The monoisotopic (exact) mass is 390 g/mol. The molecule has 4 rings (SSSR count). The van der Waals surface area contributed by atoms with Crippen LogP contribution >= 0.6 is 11.6 Å². The van der Waals surface area contributed by atoms with Crippen LogP contribution in [0.3, 0.4) is 0 Å². The summed E-state index contributed by atoms with van der Waals surface area (Å²) in [5.74, 6) is -0.287. The van der Waals surface area contributed by atoms with E-state index < -0.39 is 0 Å². The van der Waals surface area contributed by atoms with Crippen LogP contribution < -0.4 is 5.43 Å². The predicted octanol–water partition coefficient (Wildman–Crippen LogP) is 5.78. The molecule has 1 N–H and O–H groups in total. The van der Waals surface area contributed by atoms with Crippen molar-refractivity contribution in [1.29, 1.82) is 0 Å². The third-order valence-corrected chi connectivity index (χ3v) is 4.37. The van der Waals surface area contributed by atoms with E-state index in [1.54, 1.807) is 23.0 Å². The van der Waals surface area contributed by atoms with Crippen molar-refractivity contribution in [2.75, 3.05) is 5.43 Å². The fraction of sp³-hybridized carbons (Fsp3) is 0. The topological polar surface area (TPSA) is 42.2 Å². The molecule has 0 saturated heterocycles. The first-order valence-electron chi connectivity index (χ1n) is 8.65. The fourth-order valence-corrected chi connectivity index (χ4v) is 2.85. The number of hydrazone groups is 1. The molecule has 0 bridgehead atoms. The number of rotatable bonds is 5. The Morgan fingerprint density at radius 3 is 2.36 bits per heavy atom. The van der Waals surface area contributed by atoms with Gasteiger partial charge in [0.1, 0.15) is 11.5 Å². The Bertz CT molecular complexity index is 1090. The van der Waals surface area contributed by atoms with Crippen molar-refractivity contribution in [3.8, 4) is 16.9 Å². The predicted molar refractivity (Wildman–Crippen MR) is 112 cm³/mol. The van der Waals surface area contributed by atoms with Gasteiger partial charge >= 0.3 is 0 Å². The van der Waals surface area contributed by atoms with E-state index in [0.29, 0.717) is 10.7 Å². The lowest BCUT2D eigenvalue weighted by Gasteiger charge is -2.01. The Hall–Kier alpha value is -3.44. The molecule has 28 heavy (non-hydrogen) atoms. The van der Waals surface area contributed by atoms with Crippen LogP contribution in [-0.4, -0.2) is 16.0 Å². The summed E-state index contributed by atoms with van der Waals surface area (Å²) in [6.07, 6.45) is 3.60. The smallest absolute Gasteiger partial charge is 0.123 e. The standard InChI is InChI=1S/C22H16ClFN4/c23-18-6-12-21(13-7-18)28-15-17(22(27-28)16-4-2-1-3-5-16)14-25-26-20-10-8-19(24)9-11-20/h1-15,26H/b25-14+. The summed E-state index contributed by atoms with van der Waals surface area (Å²) in [5.41, 5.74) is 7.13. The maximum absolute atomic E-state index is 13.0. The first-order valence-corrected chi connectivity index (χ1v) is 9.02. The minimum absolute atomic E-state index is 0.287. The van der Waals surface area contributed by atoms with Crippen LogP contribution in [0.2, 0.25) is 5.02 Å². The highest BCUT2D eigenvalue weighted by Crippen LogP contribution is 2.23. The van der Waals surface area contributed by atoms with Crippen LogP contribution in [0.4, 0.5) is 10.1 Å². The average Bonchev–Trinajstić information content (AvgIpc) is 3.15. The maximum atomic E-state index is 13.0. The summed E-state index contributed by atoms with van der Waals surface area (Å²) >= 11 is 5.99. The Balaban J connectivity index is 1.67. The molecule has 4 nitrogen and oxygen atoms in total. The number of nitrogens with one attached hydrogen (secondary N) is 1. The highest BCUT2D eigenvalue weighted by atomic mass is 35.5. The van der Waals surface area contributed by atoms with Gasteiger partial charge in [0.05, 0.1) is 17.6 Å². The zero-order valence-corrected chi connectivity index (χ0v) is 15.5. The van der Waals surface area contributed by atoms with Gasteiger partial charge in [0.25, 0.3) is 0 Å². The molecular weight excluding hydrogens is 375 g/mol. The van der Waals surface area contributed by atoms with E-state index in [-0.39, 0.29) is 5.82 Å². The van der Waals surface area contributed by atoms with Crippen LogP contribution in [0, 0.1) is 5.82 Å². The minimum Gasteiger partial charge on any atom is -0.278 e. The molecule has 138 valence electrons. The van der Waals surface area contributed by atoms with Crippen LogP contribution in [0.15, 0.2) is 90.2 Å². The number of benzene rings is 3. The normalized spacial score (nSPS) is 11.1. The lowest BCUT2D eigenvalue weighted by molar-refractivity contribution is 0.628. The quantitative estimate of drug-likeness (QED) is 0.347. The SMILES string of the molecule is Fc1ccc(N/N=C/c2cn(-c3ccc(Cl)cc3)nc2-c2ccccc2)cc1. The molecule has 0 unspecified atom stereocenters. The molecule has 0 aliphatic rings. The zero-order valence-electron chi connectivity index (χ0n) is 14.8. The van der Waals surface area contributed by atoms with Crippen molar-refractivity contribution >= 4 is 23.5 Å². The number of hydrogen-bond acceptors (Lipinski definition) is 3. The Morgan fingerprint density at radius 2 is 1.64 bits per heavy atom. The van der Waals surface area contributed by atoms with E-state index >= 15 is 0 Å². The number of halogens is 2. The maximum Gasteiger partial charge on any atom is 0.123 e. The molecule has 0 atom stereocenters. The van der Waals surface area contributed by atoms with Gasteiger partial charge in [0.15, 0.2) is 0 Å². The van der Waals surface area contributed by atoms with E-state index in [0.717, 1.165) is 22.5 Å². The highest BCUT2D eigenvalue weighted by Gasteiger charge is 2.11. The van der Waals surface area contributed by atoms with Crippen molar-refractivity contribution in [3.05, 3.63) is 101 Å². The molecule has 6 heteroatoms. The van der Waals surface area contributed by atoms with Crippen LogP contribution in [0.5, 0.6) is 0 Å². The van der Waals surface area contributed by atoms with Crippen LogP contribution in [0.25, 0.3) is 16.9 Å². The van der Waals surface area contributed by atoms with Gasteiger partial charge in [-0.15, -0.1) is 0 Å².